The van der Waals surface area contributed by atoms with Gasteiger partial charge in [-0.05, 0) is 59.1 Å². The van der Waals surface area contributed by atoms with Crippen molar-refractivity contribution in [3.8, 4) is 0 Å². The van der Waals surface area contributed by atoms with E-state index in [1.165, 1.54) is 10.6 Å². The second-order valence-corrected chi connectivity index (χ2v) is 11.3. The number of nitrogens with zero attached hydrogens (tertiary/aromatic N) is 6. The molecule has 2 aliphatic rings. The molecule has 3 aromatic rings. The largest absolute Gasteiger partial charge is 0.444 e. The van der Waals surface area contributed by atoms with Crippen molar-refractivity contribution >= 4 is 41.1 Å². The summed E-state index contributed by atoms with van der Waals surface area (Å²) >= 11 is 0. The van der Waals surface area contributed by atoms with Crippen LogP contribution >= 0.6 is 0 Å². The topological polar surface area (TPSA) is 130 Å². The van der Waals surface area contributed by atoms with Crippen molar-refractivity contribution in [1.82, 2.24) is 19.3 Å². The molecule has 1 unspecified atom stereocenters. The number of ether oxygens (including phenoxy) is 1. The highest BCUT2D eigenvalue weighted by molar-refractivity contribution is 6.11. The summed E-state index contributed by atoms with van der Waals surface area (Å²) < 4.78 is 21.6. The standard InChI is InChI=1S/C28H35FN8O3/c1-16-13-36-15-22(33-24(29)25(36)32-16)34-26(38)19-8-9-21(20(12-31-5)23(19)30)35-11-10-18(14-35)37(17-6-7-17)27(39)40-28(2,3)4/h8-9,12-13,15,17-18H,6-7,10-11,14,30H2,1-5H3,(H,34,38). The molecule has 1 saturated carbocycles. The van der Waals surface area contributed by atoms with Crippen LogP contribution in [0, 0.1) is 12.9 Å². The van der Waals surface area contributed by atoms with Gasteiger partial charge in [0, 0.05) is 49.8 Å². The second-order valence-electron chi connectivity index (χ2n) is 11.3. The molecule has 1 aromatic carbocycles. The lowest BCUT2D eigenvalue weighted by Gasteiger charge is -2.32. The van der Waals surface area contributed by atoms with Crippen molar-refractivity contribution in [2.45, 2.75) is 64.6 Å². The van der Waals surface area contributed by atoms with Crippen molar-refractivity contribution in [2.24, 2.45) is 4.99 Å². The van der Waals surface area contributed by atoms with Crippen LogP contribution in [0.4, 0.5) is 26.4 Å². The highest BCUT2D eigenvalue weighted by Gasteiger charge is 2.42. The maximum Gasteiger partial charge on any atom is 0.410 e. The molecule has 212 valence electrons. The first-order valence-electron chi connectivity index (χ1n) is 13.4. The molecule has 1 saturated heterocycles. The van der Waals surface area contributed by atoms with Crippen LogP contribution in [-0.4, -0.2) is 75.3 Å². The quantitative estimate of drug-likeness (QED) is 0.350. The molecule has 40 heavy (non-hydrogen) atoms. The number of anilines is 3. The van der Waals surface area contributed by atoms with Crippen LogP contribution < -0.4 is 16.0 Å². The van der Waals surface area contributed by atoms with Gasteiger partial charge in [0.2, 0.25) is 0 Å². The van der Waals surface area contributed by atoms with Crippen LogP contribution in [-0.2, 0) is 4.74 Å². The zero-order chi connectivity index (χ0) is 28.8. The second kappa shape index (κ2) is 10.4. The molecule has 5 rings (SSSR count). The van der Waals surface area contributed by atoms with Gasteiger partial charge in [-0.15, -0.1) is 0 Å². The minimum absolute atomic E-state index is 0.000616. The van der Waals surface area contributed by atoms with E-state index in [1.54, 1.807) is 32.4 Å². The summed E-state index contributed by atoms with van der Waals surface area (Å²) in [4.78, 5) is 42.4. The zero-order valence-electron chi connectivity index (χ0n) is 23.4. The number of hydrogen-bond acceptors (Lipinski definition) is 8. The zero-order valence-corrected chi connectivity index (χ0v) is 23.4. The van der Waals surface area contributed by atoms with Crippen molar-refractivity contribution in [3.63, 3.8) is 0 Å². The summed E-state index contributed by atoms with van der Waals surface area (Å²) in [5.74, 6) is -1.28. The summed E-state index contributed by atoms with van der Waals surface area (Å²) in [7, 11) is 1.63. The van der Waals surface area contributed by atoms with Gasteiger partial charge >= 0.3 is 6.09 Å². The monoisotopic (exact) mass is 550 g/mol. The molecule has 0 bridgehead atoms. The van der Waals surface area contributed by atoms with Gasteiger partial charge in [-0.1, -0.05) is 0 Å². The van der Waals surface area contributed by atoms with E-state index in [-0.39, 0.29) is 40.9 Å². The van der Waals surface area contributed by atoms with Crippen molar-refractivity contribution in [2.75, 3.05) is 36.1 Å². The van der Waals surface area contributed by atoms with Crippen molar-refractivity contribution in [1.29, 1.82) is 0 Å². The van der Waals surface area contributed by atoms with Gasteiger partial charge in [-0.2, -0.15) is 9.37 Å². The Hall–Kier alpha value is -4.22. The number of halogens is 1. The van der Waals surface area contributed by atoms with E-state index < -0.39 is 17.5 Å². The van der Waals surface area contributed by atoms with Gasteiger partial charge in [0.1, 0.15) is 5.60 Å². The summed E-state index contributed by atoms with van der Waals surface area (Å²) in [5, 5.41) is 2.64. The Kier molecular flexibility index (Phi) is 7.11. The number of amides is 2. The summed E-state index contributed by atoms with van der Waals surface area (Å²) in [6, 6.07) is 3.68. The first-order chi connectivity index (χ1) is 18.9. The van der Waals surface area contributed by atoms with Crippen LogP contribution in [0.2, 0.25) is 0 Å². The first-order valence-corrected chi connectivity index (χ1v) is 13.4. The molecule has 0 radical (unpaired) electrons. The van der Waals surface area contributed by atoms with Crippen LogP contribution in [0.5, 0.6) is 0 Å². The number of aliphatic imine (C=N–C) groups is 1. The molecular formula is C28H35FN8O3. The molecule has 1 aliphatic carbocycles. The highest BCUT2D eigenvalue weighted by Crippen LogP contribution is 2.36. The molecule has 2 aromatic heterocycles. The smallest absolute Gasteiger partial charge is 0.410 e. The number of nitrogens with one attached hydrogen (secondary N) is 1. The van der Waals surface area contributed by atoms with Crippen molar-refractivity contribution < 1.29 is 18.7 Å². The summed E-state index contributed by atoms with van der Waals surface area (Å²) in [6.45, 7) is 8.68. The molecule has 12 heteroatoms. The number of aromatic nitrogens is 3. The molecule has 11 nitrogen and oxygen atoms in total. The molecule has 3 heterocycles. The lowest BCUT2D eigenvalue weighted by atomic mass is 10.0. The van der Waals surface area contributed by atoms with Gasteiger partial charge in [0.15, 0.2) is 11.5 Å². The number of rotatable bonds is 6. The number of nitrogen functional groups attached to an aromatic ring is 1. The van der Waals surface area contributed by atoms with E-state index in [0.29, 0.717) is 24.3 Å². The van der Waals surface area contributed by atoms with E-state index in [1.807, 2.05) is 31.7 Å². The van der Waals surface area contributed by atoms with Gasteiger partial charge in [0.05, 0.1) is 29.2 Å². The summed E-state index contributed by atoms with van der Waals surface area (Å²) in [6.07, 6.45) is 7.23. The lowest BCUT2D eigenvalue weighted by molar-refractivity contribution is 0.0158. The fourth-order valence-electron chi connectivity index (χ4n) is 5.14. The number of benzene rings is 1. The number of nitrogens with two attached hydrogens (primary N) is 1. The number of carbonyl (C=O) groups excluding carboxylic acids is 2. The average Bonchev–Trinajstić information content (AvgIpc) is 3.43. The predicted molar refractivity (Wildman–Crippen MR) is 152 cm³/mol. The Labute approximate surface area is 232 Å². The first kappa shape index (κ1) is 27.4. The minimum Gasteiger partial charge on any atom is -0.444 e. The Morgan fingerprint density at radius 2 is 1.95 bits per heavy atom. The average molecular weight is 551 g/mol. The fourth-order valence-corrected chi connectivity index (χ4v) is 5.14. The van der Waals surface area contributed by atoms with E-state index in [2.05, 4.69) is 25.2 Å². The molecule has 3 N–H and O–H groups in total. The number of imidazole rings is 1. The van der Waals surface area contributed by atoms with Gasteiger partial charge in [-0.3, -0.25) is 14.2 Å². The maximum absolute atomic E-state index is 14.4. The molecule has 0 spiro atoms. The number of carbonyl (C=O) groups is 2. The van der Waals surface area contributed by atoms with Crippen LogP contribution in [0.1, 0.15) is 61.6 Å². The van der Waals surface area contributed by atoms with Gasteiger partial charge in [0.25, 0.3) is 11.9 Å². The number of aryl methyl sites for hydroxylation is 1. The highest BCUT2D eigenvalue weighted by atomic mass is 19.1. The van der Waals surface area contributed by atoms with E-state index in [0.717, 1.165) is 24.9 Å². The molecular weight excluding hydrogens is 515 g/mol. The Balaban J connectivity index is 1.37. The Morgan fingerprint density at radius 1 is 1.20 bits per heavy atom. The third kappa shape index (κ3) is 5.56. The molecule has 2 amide bonds. The lowest BCUT2D eigenvalue weighted by Crippen LogP contribution is -2.46. The Bertz CT molecular complexity index is 1490. The van der Waals surface area contributed by atoms with E-state index in [9.17, 15) is 14.0 Å². The van der Waals surface area contributed by atoms with Crippen LogP contribution in [0.25, 0.3) is 5.65 Å². The normalized spacial score (nSPS) is 17.6. The van der Waals surface area contributed by atoms with Gasteiger partial charge < -0.3 is 25.6 Å². The van der Waals surface area contributed by atoms with Gasteiger partial charge in [-0.25, -0.2) is 9.78 Å². The van der Waals surface area contributed by atoms with Crippen LogP contribution in [0.15, 0.2) is 29.5 Å². The number of hydrogen-bond donors (Lipinski definition) is 2. The summed E-state index contributed by atoms with van der Waals surface area (Å²) in [5.41, 5.74) is 8.54. The fraction of sp³-hybridized carbons (Fsp3) is 0.464. The third-order valence-corrected chi connectivity index (χ3v) is 6.97. The van der Waals surface area contributed by atoms with Crippen LogP contribution in [0.3, 0.4) is 0 Å². The third-order valence-electron chi connectivity index (χ3n) is 6.97. The molecule has 2 fully saturated rings. The SMILES string of the molecule is CN=Cc1c(N2CCC(N(C(=O)OC(C)(C)C)C3CC3)C2)ccc(C(=O)Nc2cn3cc(C)nc3c(F)n2)c1N. The van der Waals surface area contributed by atoms with Crippen molar-refractivity contribution in [3.05, 3.63) is 47.3 Å². The maximum atomic E-state index is 14.4. The predicted octanol–water partition coefficient (Wildman–Crippen LogP) is 4.04. The Morgan fingerprint density at radius 3 is 2.62 bits per heavy atom. The molecule has 1 aliphatic heterocycles. The minimum atomic E-state index is -0.789. The van der Waals surface area contributed by atoms with E-state index >= 15 is 0 Å². The number of fused-ring (bicyclic) bond motifs is 1. The molecule has 1 atom stereocenters. The van der Waals surface area contributed by atoms with E-state index in [4.69, 9.17) is 10.5 Å².